The molecule has 0 aromatic heterocycles. The first-order valence-corrected chi connectivity index (χ1v) is 7.73. The number of nitrogens with zero attached hydrogens (tertiary/aromatic N) is 4. The van der Waals surface area contributed by atoms with E-state index in [-0.39, 0.29) is 0 Å². The van der Waals surface area contributed by atoms with Gasteiger partial charge in [-0.2, -0.15) is 10.2 Å². The van der Waals surface area contributed by atoms with Crippen molar-refractivity contribution in [2.45, 2.75) is 0 Å². The summed E-state index contributed by atoms with van der Waals surface area (Å²) >= 11 is 0. The van der Waals surface area contributed by atoms with Gasteiger partial charge < -0.3 is 9.47 Å². The fraction of sp³-hybridized carbons (Fsp3) is 0.500. The minimum atomic E-state index is 0.758. The van der Waals surface area contributed by atoms with Crippen LogP contribution in [0.4, 0.5) is 0 Å². The Kier molecular flexibility index (Phi) is 5.39. The molecule has 22 heavy (non-hydrogen) atoms. The van der Waals surface area contributed by atoms with Gasteiger partial charge in [0.05, 0.1) is 65.0 Å². The van der Waals surface area contributed by atoms with Crippen LogP contribution in [-0.4, -0.2) is 75.1 Å². The van der Waals surface area contributed by atoms with Crippen LogP contribution in [0.1, 0.15) is 11.1 Å². The highest BCUT2D eigenvalue weighted by molar-refractivity contribution is 5.83. The van der Waals surface area contributed by atoms with Crippen LogP contribution in [-0.2, 0) is 9.47 Å². The Labute approximate surface area is 131 Å². The molecule has 0 atom stereocenters. The van der Waals surface area contributed by atoms with Crippen molar-refractivity contribution in [1.82, 2.24) is 10.0 Å². The highest BCUT2D eigenvalue weighted by atomic mass is 16.5. The molecule has 0 spiro atoms. The number of ether oxygens (including phenoxy) is 2. The number of benzene rings is 1. The predicted molar refractivity (Wildman–Crippen MR) is 86.4 cm³/mol. The molecular weight excluding hydrogens is 280 g/mol. The third-order valence-electron chi connectivity index (χ3n) is 3.65. The normalized spacial score (nSPS) is 20.2. The maximum atomic E-state index is 5.30. The van der Waals surface area contributed by atoms with Crippen molar-refractivity contribution in [3.05, 3.63) is 35.4 Å². The Morgan fingerprint density at radius 3 is 1.41 bits per heavy atom. The zero-order chi connectivity index (χ0) is 15.0. The van der Waals surface area contributed by atoms with Gasteiger partial charge in [0, 0.05) is 0 Å². The van der Waals surface area contributed by atoms with Gasteiger partial charge in [-0.1, -0.05) is 24.3 Å². The van der Waals surface area contributed by atoms with Gasteiger partial charge in [0.15, 0.2) is 0 Å². The highest BCUT2D eigenvalue weighted by Crippen LogP contribution is 2.04. The SMILES string of the molecule is C(=N\N1CCOCC1)/c1ccc(/C=N/N2CCOCC2)cc1. The van der Waals surface area contributed by atoms with Crippen molar-refractivity contribution in [3.8, 4) is 0 Å². The summed E-state index contributed by atoms with van der Waals surface area (Å²) in [6.07, 6.45) is 3.79. The molecule has 2 heterocycles. The first kappa shape index (κ1) is 15.0. The molecule has 6 nitrogen and oxygen atoms in total. The molecule has 2 fully saturated rings. The Bertz CT molecular complexity index is 456. The second-order valence-electron chi connectivity index (χ2n) is 5.29. The van der Waals surface area contributed by atoms with Crippen LogP contribution < -0.4 is 0 Å². The number of morpholine rings is 2. The Hall–Kier alpha value is -1.92. The van der Waals surface area contributed by atoms with Gasteiger partial charge in [0.25, 0.3) is 0 Å². The monoisotopic (exact) mass is 302 g/mol. The molecule has 6 heteroatoms. The maximum Gasteiger partial charge on any atom is 0.0659 e. The van der Waals surface area contributed by atoms with E-state index in [1.54, 1.807) is 0 Å². The van der Waals surface area contributed by atoms with E-state index in [2.05, 4.69) is 34.5 Å². The Morgan fingerprint density at radius 1 is 0.682 bits per heavy atom. The van der Waals surface area contributed by atoms with Gasteiger partial charge in [-0.3, -0.25) is 10.0 Å². The average Bonchev–Trinajstić information content (AvgIpc) is 2.61. The van der Waals surface area contributed by atoms with Crippen molar-refractivity contribution in [3.63, 3.8) is 0 Å². The van der Waals surface area contributed by atoms with Crippen LogP contribution in [0.25, 0.3) is 0 Å². The fourth-order valence-corrected chi connectivity index (χ4v) is 2.30. The van der Waals surface area contributed by atoms with E-state index in [0.717, 1.165) is 63.7 Å². The van der Waals surface area contributed by atoms with E-state index >= 15 is 0 Å². The Morgan fingerprint density at radius 2 is 1.05 bits per heavy atom. The number of rotatable bonds is 4. The van der Waals surface area contributed by atoms with E-state index < -0.39 is 0 Å². The van der Waals surface area contributed by atoms with Gasteiger partial charge in [0.2, 0.25) is 0 Å². The zero-order valence-electron chi connectivity index (χ0n) is 12.7. The third kappa shape index (κ3) is 4.54. The van der Waals surface area contributed by atoms with Crippen molar-refractivity contribution < 1.29 is 9.47 Å². The summed E-state index contributed by atoms with van der Waals surface area (Å²) in [6.45, 7) is 6.48. The summed E-state index contributed by atoms with van der Waals surface area (Å²) in [5, 5.41) is 13.0. The summed E-state index contributed by atoms with van der Waals surface area (Å²) in [6, 6.07) is 8.24. The highest BCUT2D eigenvalue weighted by Gasteiger charge is 2.07. The van der Waals surface area contributed by atoms with Crippen LogP contribution in [0.2, 0.25) is 0 Å². The lowest BCUT2D eigenvalue weighted by Gasteiger charge is -2.23. The average molecular weight is 302 g/mol. The topological polar surface area (TPSA) is 49.7 Å². The molecule has 3 rings (SSSR count). The first-order valence-electron chi connectivity index (χ1n) is 7.73. The van der Waals surface area contributed by atoms with Crippen molar-refractivity contribution in [1.29, 1.82) is 0 Å². The van der Waals surface area contributed by atoms with Crippen LogP contribution >= 0.6 is 0 Å². The van der Waals surface area contributed by atoms with Gasteiger partial charge >= 0.3 is 0 Å². The molecule has 0 radical (unpaired) electrons. The van der Waals surface area contributed by atoms with E-state index in [1.165, 1.54) is 0 Å². The summed E-state index contributed by atoms with van der Waals surface area (Å²) in [7, 11) is 0. The van der Waals surface area contributed by atoms with Crippen LogP contribution in [0.15, 0.2) is 34.5 Å². The Balaban J connectivity index is 1.53. The quantitative estimate of drug-likeness (QED) is 0.779. The first-order chi connectivity index (χ1) is 10.9. The van der Waals surface area contributed by atoms with E-state index in [4.69, 9.17) is 9.47 Å². The van der Waals surface area contributed by atoms with E-state index in [9.17, 15) is 0 Å². The number of hydrazone groups is 2. The summed E-state index contributed by atoms with van der Waals surface area (Å²) in [5.74, 6) is 0. The second kappa shape index (κ2) is 7.91. The van der Waals surface area contributed by atoms with Crippen molar-refractivity contribution >= 4 is 12.4 Å². The molecule has 2 saturated heterocycles. The lowest BCUT2D eigenvalue weighted by atomic mass is 10.2. The molecule has 118 valence electrons. The third-order valence-corrected chi connectivity index (χ3v) is 3.65. The zero-order valence-corrected chi connectivity index (χ0v) is 12.7. The molecule has 0 saturated carbocycles. The number of hydrogen-bond donors (Lipinski definition) is 0. The molecule has 0 amide bonds. The second-order valence-corrected chi connectivity index (χ2v) is 5.29. The molecule has 0 unspecified atom stereocenters. The molecule has 1 aromatic carbocycles. The van der Waals surface area contributed by atoms with Gasteiger partial charge in [-0.15, -0.1) is 0 Å². The van der Waals surface area contributed by atoms with Crippen LogP contribution in [0.5, 0.6) is 0 Å². The van der Waals surface area contributed by atoms with Crippen molar-refractivity contribution in [2.75, 3.05) is 52.6 Å². The van der Waals surface area contributed by atoms with Crippen LogP contribution in [0.3, 0.4) is 0 Å². The number of hydrogen-bond acceptors (Lipinski definition) is 6. The predicted octanol–water partition coefficient (Wildman–Crippen LogP) is 1.02. The molecule has 2 aliphatic rings. The van der Waals surface area contributed by atoms with Gasteiger partial charge in [0.1, 0.15) is 0 Å². The van der Waals surface area contributed by atoms with E-state index in [1.807, 2.05) is 22.4 Å². The van der Waals surface area contributed by atoms with Crippen molar-refractivity contribution in [2.24, 2.45) is 10.2 Å². The summed E-state index contributed by atoms with van der Waals surface area (Å²) < 4.78 is 10.6. The van der Waals surface area contributed by atoms with Crippen LogP contribution in [0, 0.1) is 0 Å². The smallest absolute Gasteiger partial charge is 0.0659 e. The fourth-order valence-electron chi connectivity index (χ4n) is 2.30. The largest absolute Gasteiger partial charge is 0.378 e. The van der Waals surface area contributed by atoms with E-state index in [0.29, 0.717) is 0 Å². The lowest BCUT2D eigenvalue weighted by Crippen LogP contribution is -2.32. The maximum absolute atomic E-state index is 5.30. The lowest BCUT2D eigenvalue weighted by molar-refractivity contribution is 0.0396. The van der Waals surface area contributed by atoms with Gasteiger partial charge in [-0.05, 0) is 11.1 Å². The molecule has 0 bridgehead atoms. The molecular formula is C16H22N4O2. The summed E-state index contributed by atoms with van der Waals surface area (Å²) in [4.78, 5) is 0. The minimum Gasteiger partial charge on any atom is -0.378 e. The molecule has 2 aliphatic heterocycles. The standard InChI is InChI=1S/C16H22N4O2/c1-2-16(14-18-20-7-11-22-12-8-20)4-3-15(1)13-17-19-5-9-21-10-6-19/h1-4,13-14H,5-12H2/b17-13+,18-14+. The molecule has 0 N–H and O–H groups in total. The molecule has 0 aliphatic carbocycles. The van der Waals surface area contributed by atoms with Gasteiger partial charge in [-0.25, -0.2) is 0 Å². The minimum absolute atomic E-state index is 0.758. The molecule has 1 aromatic rings. The summed E-state index contributed by atoms with van der Waals surface area (Å²) in [5.41, 5.74) is 2.19.